The van der Waals surface area contributed by atoms with Gasteiger partial charge in [-0.1, -0.05) is 11.8 Å². The Balaban J connectivity index is 2.05. The number of rotatable bonds is 4. The van der Waals surface area contributed by atoms with Crippen molar-refractivity contribution in [2.45, 2.75) is 16.8 Å². The highest BCUT2D eigenvalue weighted by Crippen LogP contribution is 2.23. The first kappa shape index (κ1) is 12.9. The lowest BCUT2D eigenvalue weighted by atomic mass is 10.3. The van der Waals surface area contributed by atoms with E-state index in [4.69, 9.17) is 11.6 Å². The zero-order chi connectivity index (χ0) is 12.3. The molecule has 0 fully saturated rings. The van der Waals surface area contributed by atoms with Gasteiger partial charge in [-0.05, 0) is 27.6 Å². The Morgan fingerprint density at radius 3 is 2.88 bits per heavy atom. The molecule has 0 bridgehead atoms. The van der Waals surface area contributed by atoms with Crippen LogP contribution < -0.4 is 0 Å². The molecule has 0 aliphatic rings. The van der Waals surface area contributed by atoms with Crippen LogP contribution in [0.25, 0.3) is 0 Å². The van der Waals surface area contributed by atoms with Crippen LogP contribution in [0.15, 0.2) is 34.3 Å². The van der Waals surface area contributed by atoms with Gasteiger partial charge in [0.05, 0.1) is 17.8 Å². The number of aromatic nitrogens is 3. The smallest absolute Gasteiger partial charge is 0.168 e. The van der Waals surface area contributed by atoms with Crippen molar-refractivity contribution in [3.8, 4) is 0 Å². The summed E-state index contributed by atoms with van der Waals surface area (Å²) in [4.78, 5) is 8.47. The van der Waals surface area contributed by atoms with Crippen LogP contribution in [0.1, 0.15) is 11.3 Å². The van der Waals surface area contributed by atoms with Crippen LogP contribution in [0.5, 0.6) is 0 Å². The van der Waals surface area contributed by atoms with Gasteiger partial charge in [0, 0.05) is 29.7 Å². The number of imidazole rings is 1. The van der Waals surface area contributed by atoms with Crippen molar-refractivity contribution < 1.29 is 0 Å². The number of halogens is 2. The number of pyridine rings is 1. The van der Waals surface area contributed by atoms with Gasteiger partial charge in [0.2, 0.25) is 0 Å². The minimum atomic E-state index is 0.489. The second-order valence-corrected chi connectivity index (χ2v) is 5.65. The summed E-state index contributed by atoms with van der Waals surface area (Å²) >= 11 is 10.9. The first-order chi connectivity index (χ1) is 8.20. The Morgan fingerprint density at radius 1 is 1.41 bits per heavy atom. The Labute approximate surface area is 118 Å². The van der Waals surface area contributed by atoms with E-state index in [2.05, 4.69) is 32.0 Å². The summed E-state index contributed by atoms with van der Waals surface area (Å²) in [5.41, 5.74) is 2.20. The first-order valence-electron chi connectivity index (χ1n) is 4.99. The third-order valence-electron chi connectivity index (χ3n) is 2.31. The third kappa shape index (κ3) is 3.24. The molecule has 0 spiro atoms. The Hall–Kier alpha value is -0.520. The summed E-state index contributed by atoms with van der Waals surface area (Å²) in [6.07, 6.45) is 5.46. The van der Waals surface area contributed by atoms with E-state index < -0.39 is 0 Å². The van der Waals surface area contributed by atoms with Crippen molar-refractivity contribution in [3.63, 3.8) is 0 Å². The van der Waals surface area contributed by atoms with Crippen molar-refractivity contribution in [3.05, 3.63) is 40.4 Å². The largest absolute Gasteiger partial charge is 0.325 e. The molecule has 3 nitrogen and oxygen atoms in total. The van der Waals surface area contributed by atoms with E-state index in [0.29, 0.717) is 5.88 Å². The molecule has 2 heterocycles. The summed E-state index contributed by atoms with van der Waals surface area (Å²) in [6.45, 7) is 0. The topological polar surface area (TPSA) is 30.7 Å². The maximum Gasteiger partial charge on any atom is 0.168 e. The van der Waals surface area contributed by atoms with Gasteiger partial charge in [-0.2, -0.15) is 0 Å². The number of nitrogens with zero attached hydrogens (tertiary/aromatic N) is 3. The molecule has 0 saturated carbocycles. The van der Waals surface area contributed by atoms with Crippen molar-refractivity contribution >= 4 is 39.3 Å². The van der Waals surface area contributed by atoms with E-state index >= 15 is 0 Å². The molecular formula is C11H11BrClN3S. The molecule has 0 atom stereocenters. The predicted molar refractivity (Wildman–Crippen MR) is 74.3 cm³/mol. The van der Waals surface area contributed by atoms with E-state index in [-0.39, 0.29) is 0 Å². The van der Waals surface area contributed by atoms with E-state index in [1.807, 2.05) is 24.0 Å². The molecule has 2 aromatic rings. The average molecular weight is 333 g/mol. The fourth-order valence-corrected chi connectivity index (χ4v) is 2.92. The Bertz CT molecular complexity index is 515. The minimum Gasteiger partial charge on any atom is -0.325 e. The molecule has 0 amide bonds. The van der Waals surface area contributed by atoms with Crippen LogP contribution in [0.2, 0.25) is 0 Å². The molecule has 6 heteroatoms. The normalized spacial score (nSPS) is 10.8. The quantitative estimate of drug-likeness (QED) is 0.633. The molecule has 0 aliphatic heterocycles. The first-order valence-corrected chi connectivity index (χ1v) is 7.31. The lowest BCUT2D eigenvalue weighted by Crippen LogP contribution is -1.95. The summed E-state index contributed by atoms with van der Waals surface area (Å²) in [5, 5.41) is 0.973. The molecule has 0 unspecified atom stereocenters. The molecule has 2 aromatic heterocycles. The Kier molecular flexibility index (Phi) is 4.48. The molecule has 17 heavy (non-hydrogen) atoms. The van der Waals surface area contributed by atoms with Crippen LogP contribution in [0.3, 0.4) is 0 Å². The third-order valence-corrected chi connectivity index (χ3v) is 4.13. The number of thioether (sulfide) groups is 1. The maximum atomic E-state index is 5.80. The minimum absolute atomic E-state index is 0.489. The molecule has 0 N–H and O–H groups in total. The highest BCUT2D eigenvalue weighted by atomic mass is 79.9. The van der Waals surface area contributed by atoms with Gasteiger partial charge >= 0.3 is 0 Å². The van der Waals surface area contributed by atoms with Crippen LogP contribution in [-0.2, 0) is 18.7 Å². The van der Waals surface area contributed by atoms with E-state index in [1.165, 1.54) is 5.56 Å². The molecule has 0 saturated heterocycles. The molecule has 0 aliphatic carbocycles. The van der Waals surface area contributed by atoms with Gasteiger partial charge in [-0.25, -0.2) is 4.98 Å². The number of hydrogen-bond acceptors (Lipinski definition) is 3. The monoisotopic (exact) mass is 331 g/mol. The van der Waals surface area contributed by atoms with Crippen molar-refractivity contribution in [1.82, 2.24) is 14.5 Å². The second kappa shape index (κ2) is 5.89. The van der Waals surface area contributed by atoms with E-state index in [1.54, 1.807) is 18.0 Å². The molecular weight excluding hydrogens is 322 g/mol. The highest BCUT2D eigenvalue weighted by Gasteiger charge is 2.06. The van der Waals surface area contributed by atoms with E-state index in [0.717, 1.165) is 21.1 Å². The van der Waals surface area contributed by atoms with Gasteiger partial charge < -0.3 is 4.57 Å². The zero-order valence-corrected chi connectivity index (χ0v) is 12.4. The molecule has 0 aromatic carbocycles. The maximum absolute atomic E-state index is 5.80. The zero-order valence-electron chi connectivity index (χ0n) is 9.23. The standard InChI is InChI=1S/C11H11BrClN3S/c1-16-10(3-13)6-15-11(16)17-7-8-2-9(12)5-14-4-8/h2,4-6H,3,7H2,1H3. The summed E-state index contributed by atoms with van der Waals surface area (Å²) in [6, 6.07) is 2.06. The second-order valence-electron chi connectivity index (χ2n) is 3.52. The number of hydrogen-bond donors (Lipinski definition) is 0. The lowest BCUT2D eigenvalue weighted by Gasteiger charge is -2.04. The SMILES string of the molecule is Cn1c(CCl)cnc1SCc1cncc(Br)c1. The summed E-state index contributed by atoms with van der Waals surface area (Å²) < 4.78 is 3.01. The van der Waals surface area contributed by atoms with Gasteiger partial charge in [0.15, 0.2) is 5.16 Å². The Morgan fingerprint density at radius 2 is 2.24 bits per heavy atom. The highest BCUT2D eigenvalue weighted by molar-refractivity contribution is 9.10. The molecule has 90 valence electrons. The molecule has 0 radical (unpaired) electrons. The van der Waals surface area contributed by atoms with Crippen molar-refractivity contribution in [2.75, 3.05) is 0 Å². The lowest BCUT2D eigenvalue weighted by molar-refractivity contribution is 0.761. The van der Waals surface area contributed by atoms with Crippen LogP contribution in [-0.4, -0.2) is 14.5 Å². The average Bonchev–Trinajstić information content (AvgIpc) is 2.67. The van der Waals surface area contributed by atoms with Gasteiger partial charge in [-0.3, -0.25) is 4.98 Å². The number of alkyl halides is 1. The van der Waals surface area contributed by atoms with Crippen LogP contribution in [0, 0.1) is 0 Å². The van der Waals surface area contributed by atoms with Crippen LogP contribution in [0.4, 0.5) is 0 Å². The van der Waals surface area contributed by atoms with Crippen molar-refractivity contribution in [1.29, 1.82) is 0 Å². The van der Waals surface area contributed by atoms with Gasteiger partial charge in [-0.15, -0.1) is 11.6 Å². The fraction of sp³-hybridized carbons (Fsp3) is 0.273. The van der Waals surface area contributed by atoms with Gasteiger partial charge in [0.1, 0.15) is 0 Å². The van der Waals surface area contributed by atoms with Crippen molar-refractivity contribution in [2.24, 2.45) is 7.05 Å². The fourth-order valence-electron chi connectivity index (χ4n) is 1.37. The van der Waals surface area contributed by atoms with E-state index in [9.17, 15) is 0 Å². The molecule has 2 rings (SSSR count). The predicted octanol–water partition coefficient (Wildman–Crippen LogP) is 3.61. The van der Waals surface area contributed by atoms with Crippen LogP contribution >= 0.6 is 39.3 Å². The van der Waals surface area contributed by atoms with Gasteiger partial charge in [0.25, 0.3) is 0 Å². The summed E-state index contributed by atoms with van der Waals surface area (Å²) in [7, 11) is 1.98. The summed E-state index contributed by atoms with van der Waals surface area (Å²) in [5.74, 6) is 1.33.